The Morgan fingerprint density at radius 1 is 1.40 bits per heavy atom. The largest absolute Gasteiger partial charge is 0.462 e. The summed E-state index contributed by atoms with van der Waals surface area (Å²) in [6.07, 6.45) is 1.34. The summed E-state index contributed by atoms with van der Waals surface area (Å²) in [6.45, 7) is 2.03. The first kappa shape index (κ1) is 13.7. The molecule has 1 heterocycles. The van der Waals surface area contributed by atoms with E-state index >= 15 is 0 Å². The highest BCUT2D eigenvalue weighted by Gasteiger charge is 2.09. The minimum Gasteiger partial charge on any atom is -0.462 e. The van der Waals surface area contributed by atoms with E-state index < -0.39 is 5.97 Å². The fourth-order valence-electron chi connectivity index (χ4n) is 1.54. The lowest BCUT2D eigenvalue weighted by Gasteiger charge is -2.07. The number of amides is 1. The van der Waals surface area contributed by atoms with Crippen LogP contribution in [0.1, 0.15) is 17.3 Å². The van der Waals surface area contributed by atoms with Crippen LogP contribution in [0.2, 0.25) is 0 Å². The molecule has 20 heavy (non-hydrogen) atoms. The molecule has 0 aliphatic rings. The summed E-state index contributed by atoms with van der Waals surface area (Å²) in [5, 5.41) is 13.1. The van der Waals surface area contributed by atoms with Crippen molar-refractivity contribution in [2.45, 2.75) is 13.5 Å². The molecule has 0 saturated carbocycles. The number of carbonyl (C=O) groups is 2. The van der Waals surface area contributed by atoms with E-state index in [1.165, 1.54) is 11.0 Å². The lowest BCUT2D eigenvalue weighted by atomic mass is 10.2. The van der Waals surface area contributed by atoms with E-state index in [0.717, 1.165) is 0 Å². The molecule has 1 amide bonds. The Hall–Kier alpha value is -2.77. The molecule has 0 atom stereocenters. The van der Waals surface area contributed by atoms with Gasteiger partial charge in [0.1, 0.15) is 12.9 Å². The number of hydrogen-bond acceptors (Lipinski definition) is 6. The Morgan fingerprint density at radius 2 is 2.25 bits per heavy atom. The zero-order valence-electron chi connectivity index (χ0n) is 10.8. The van der Waals surface area contributed by atoms with E-state index in [4.69, 9.17) is 4.74 Å². The number of carbonyl (C=O) groups excluding carboxylic acids is 2. The van der Waals surface area contributed by atoms with Crippen LogP contribution in [-0.4, -0.2) is 38.7 Å². The van der Waals surface area contributed by atoms with Gasteiger partial charge in [0, 0.05) is 5.69 Å². The van der Waals surface area contributed by atoms with Crippen LogP contribution in [0, 0.1) is 0 Å². The van der Waals surface area contributed by atoms with Crippen molar-refractivity contribution in [3.8, 4) is 0 Å². The van der Waals surface area contributed by atoms with E-state index in [0.29, 0.717) is 17.9 Å². The maximum absolute atomic E-state index is 11.7. The van der Waals surface area contributed by atoms with E-state index in [2.05, 4.69) is 20.8 Å². The molecule has 1 aromatic heterocycles. The summed E-state index contributed by atoms with van der Waals surface area (Å²) in [5.74, 6) is -0.720. The number of nitrogens with zero attached hydrogens (tertiary/aromatic N) is 4. The number of benzene rings is 1. The molecule has 8 heteroatoms. The molecule has 1 N–H and O–H groups in total. The molecule has 8 nitrogen and oxygen atoms in total. The lowest BCUT2D eigenvalue weighted by molar-refractivity contribution is -0.116. The van der Waals surface area contributed by atoms with Crippen LogP contribution in [0.15, 0.2) is 30.6 Å². The van der Waals surface area contributed by atoms with Crippen LogP contribution < -0.4 is 5.32 Å². The zero-order valence-corrected chi connectivity index (χ0v) is 10.8. The Bertz CT molecular complexity index is 597. The average molecular weight is 275 g/mol. The predicted molar refractivity (Wildman–Crippen MR) is 68.8 cm³/mol. The molecule has 0 saturated heterocycles. The highest BCUT2D eigenvalue weighted by Crippen LogP contribution is 2.11. The normalized spacial score (nSPS) is 10.1. The van der Waals surface area contributed by atoms with Gasteiger partial charge in [-0.3, -0.25) is 4.79 Å². The van der Waals surface area contributed by atoms with Crippen LogP contribution >= 0.6 is 0 Å². The summed E-state index contributed by atoms with van der Waals surface area (Å²) in [7, 11) is 0. The van der Waals surface area contributed by atoms with Crippen molar-refractivity contribution < 1.29 is 14.3 Å². The minimum absolute atomic E-state index is 0.00334. The molecule has 0 unspecified atom stereocenters. The van der Waals surface area contributed by atoms with E-state index in [1.54, 1.807) is 31.2 Å². The van der Waals surface area contributed by atoms with E-state index in [9.17, 15) is 9.59 Å². The molecule has 2 rings (SSSR count). The van der Waals surface area contributed by atoms with Crippen molar-refractivity contribution in [1.82, 2.24) is 20.2 Å². The van der Waals surface area contributed by atoms with Crippen molar-refractivity contribution in [2.24, 2.45) is 0 Å². The van der Waals surface area contributed by atoms with E-state index in [1.807, 2.05) is 0 Å². The number of ether oxygens (including phenoxy) is 1. The van der Waals surface area contributed by atoms with Crippen molar-refractivity contribution in [1.29, 1.82) is 0 Å². The molecule has 0 bridgehead atoms. The van der Waals surface area contributed by atoms with Gasteiger partial charge >= 0.3 is 5.97 Å². The highest BCUT2D eigenvalue weighted by molar-refractivity contribution is 5.94. The van der Waals surface area contributed by atoms with Gasteiger partial charge in [-0.2, -0.15) is 0 Å². The van der Waals surface area contributed by atoms with Crippen LogP contribution in [0.5, 0.6) is 0 Å². The summed E-state index contributed by atoms with van der Waals surface area (Å²) < 4.78 is 6.19. The molecule has 104 valence electrons. The van der Waals surface area contributed by atoms with Gasteiger partial charge < -0.3 is 10.1 Å². The maximum Gasteiger partial charge on any atom is 0.338 e. The summed E-state index contributed by atoms with van der Waals surface area (Å²) in [6, 6.07) is 6.52. The third-order valence-electron chi connectivity index (χ3n) is 2.35. The molecule has 0 aliphatic heterocycles. The van der Waals surface area contributed by atoms with Gasteiger partial charge in [-0.05, 0) is 35.5 Å². The van der Waals surface area contributed by atoms with Crippen molar-refractivity contribution in [3.63, 3.8) is 0 Å². The van der Waals surface area contributed by atoms with Crippen LogP contribution in [0.3, 0.4) is 0 Å². The van der Waals surface area contributed by atoms with Gasteiger partial charge in [-0.25, -0.2) is 9.48 Å². The van der Waals surface area contributed by atoms with E-state index in [-0.39, 0.29) is 12.5 Å². The molecule has 0 radical (unpaired) electrons. The molecule has 0 spiro atoms. The Morgan fingerprint density at radius 3 is 2.95 bits per heavy atom. The quantitative estimate of drug-likeness (QED) is 0.797. The smallest absolute Gasteiger partial charge is 0.338 e. The van der Waals surface area contributed by atoms with Crippen molar-refractivity contribution in [2.75, 3.05) is 11.9 Å². The first-order chi connectivity index (χ1) is 9.69. The van der Waals surface area contributed by atoms with Crippen molar-refractivity contribution >= 4 is 17.6 Å². The maximum atomic E-state index is 11.7. The third kappa shape index (κ3) is 3.61. The number of hydrogen-bond donors (Lipinski definition) is 1. The number of tetrazole rings is 1. The van der Waals surface area contributed by atoms with Crippen LogP contribution in [-0.2, 0) is 16.1 Å². The highest BCUT2D eigenvalue weighted by atomic mass is 16.5. The minimum atomic E-state index is -0.427. The standard InChI is InChI=1S/C12H13N5O3/c1-2-20-12(19)9-4-3-5-10(6-9)14-11(18)7-17-8-13-15-16-17/h3-6,8H,2,7H2,1H3,(H,14,18). The number of aromatic nitrogens is 4. The fraction of sp³-hybridized carbons (Fsp3) is 0.250. The molecule has 0 fully saturated rings. The third-order valence-corrected chi connectivity index (χ3v) is 2.35. The van der Waals surface area contributed by atoms with Gasteiger partial charge in [-0.15, -0.1) is 5.10 Å². The second kappa shape index (κ2) is 6.41. The molecule has 2 aromatic rings. The topological polar surface area (TPSA) is 99.0 Å². The van der Waals surface area contributed by atoms with Crippen molar-refractivity contribution in [3.05, 3.63) is 36.2 Å². The fourth-order valence-corrected chi connectivity index (χ4v) is 1.54. The van der Waals surface area contributed by atoms with Gasteiger partial charge in [0.15, 0.2) is 0 Å². The number of nitrogens with one attached hydrogen (secondary N) is 1. The Labute approximate surface area is 114 Å². The second-order valence-electron chi connectivity index (χ2n) is 3.86. The number of rotatable bonds is 5. The lowest BCUT2D eigenvalue weighted by Crippen LogP contribution is -2.19. The first-order valence-corrected chi connectivity index (χ1v) is 5.97. The van der Waals surface area contributed by atoms with Gasteiger partial charge in [0.25, 0.3) is 0 Å². The summed E-state index contributed by atoms with van der Waals surface area (Å²) in [4.78, 5) is 23.3. The van der Waals surface area contributed by atoms with Gasteiger partial charge in [0.05, 0.1) is 12.2 Å². The summed E-state index contributed by atoms with van der Waals surface area (Å²) in [5.41, 5.74) is 0.890. The summed E-state index contributed by atoms with van der Waals surface area (Å²) >= 11 is 0. The number of anilines is 1. The second-order valence-corrected chi connectivity index (χ2v) is 3.86. The molecular formula is C12H13N5O3. The monoisotopic (exact) mass is 275 g/mol. The Balaban J connectivity index is 2.00. The predicted octanol–water partition coefficient (Wildman–Crippen LogP) is 0.488. The molecule has 1 aromatic carbocycles. The Kier molecular flexibility index (Phi) is 4.38. The number of esters is 1. The molecule has 0 aliphatic carbocycles. The average Bonchev–Trinajstić information content (AvgIpc) is 2.92. The van der Waals surface area contributed by atoms with Gasteiger partial charge in [-0.1, -0.05) is 6.07 Å². The molecular weight excluding hydrogens is 262 g/mol. The first-order valence-electron chi connectivity index (χ1n) is 5.97. The van der Waals surface area contributed by atoms with Crippen LogP contribution in [0.25, 0.3) is 0 Å². The van der Waals surface area contributed by atoms with Crippen LogP contribution in [0.4, 0.5) is 5.69 Å². The zero-order chi connectivity index (χ0) is 14.4. The SMILES string of the molecule is CCOC(=O)c1cccc(NC(=O)Cn2cnnn2)c1. The van der Waals surface area contributed by atoms with Gasteiger partial charge in [0.2, 0.25) is 5.91 Å².